The number of nitrogens with zero attached hydrogens (tertiary/aromatic N) is 4. The monoisotopic (exact) mass is 506 g/mol. The number of imide groups is 1. The number of hydrogen-bond donors (Lipinski definition) is 2. The molecule has 0 atom stereocenters. The fourth-order valence-electron chi connectivity index (χ4n) is 3.55. The number of carbonyl (C=O) groups is 2. The summed E-state index contributed by atoms with van der Waals surface area (Å²) >= 11 is 0.814. The van der Waals surface area contributed by atoms with Gasteiger partial charge in [-0.25, -0.2) is 19.9 Å². The molecule has 2 aromatic rings. The van der Waals surface area contributed by atoms with Crippen molar-refractivity contribution in [2.24, 2.45) is 4.99 Å². The molecule has 4 rings (SSSR count). The number of aromatic nitrogens is 3. The van der Waals surface area contributed by atoms with Gasteiger partial charge < -0.3 is 10.1 Å². The van der Waals surface area contributed by atoms with E-state index in [1.54, 1.807) is 18.2 Å². The van der Waals surface area contributed by atoms with Crippen molar-refractivity contribution in [1.29, 1.82) is 0 Å². The molecule has 2 aromatic heterocycles. The van der Waals surface area contributed by atoms with Gasteiger partial charge in [0.25, 0.3) is 11.1 Å². The summed E-state index contributed by atoms with van der Waals surface area (Å²) in [6.07, 6.45) is 3.03. The predicted octanol–water partition coefficient (Wildman–Crippen LogP) is 3.94. The number of rotatable bonds is 7. The molecule has 3 heterocycles. The van der Waals surface area contributed by atoms with Crippen LogP contribution in [-0.4, -0.2) is 50.6 Å². The van der Waals surface area contributed by atoms with Crippen LogP contribution >= 0.6 is 11.8 Å². The summed E-state index contributed by atoms with van der Waals surface area (Å²) in [5.74, 6) is -0.208. The zero-order valence-corrected chi connectivity index (χ0v) is 19.2. The molecule has 0 unspecified atom stereocenters. The zero-order valence-electron chi connectivity index (χ0n) is 18.3. The van der Waals surface area contributed by atoms with E-state index in [2.05, 4.69) is 30.6 Å². The van der Waals surface area contributed by atoms with Crippen LogP contribution in [0.3, 0.4) is 0 Å². The molecule has 2 N–H and O–H groups in total. The van der Waals surface area contributed by atoms with Crippen LogP contribution in [-0.2, 0) is 11.3 Å². The summed E-state index contributed by atoms with van der Waals surface area (Å²) in [5, 5.41) is 5.12. The Bertz CT molecular complexity index is 1160. The van der Waals surface area contributed by atoms with Gasteiger partial charge in [0, 0.05) is 36.3 Å². The first-order chi connectivity index (χ1) is 16.7. The Balaban J connectivity index is 1.31. The topological polar surface area (TPSA) is 118 Å². The number of alkyl halides is 3. The van der Waals surface area contributed by atoms with Crippen LogP contribution in [0.4, 0.5) is 23.9 Å². The molecule has 1 aliphatic carbocycles. The fourth-order valence-corrected chi connectivity index (χ4v) is 4.22. The summed E-state index contributed by atoms with van der Waals surface area (Å²) in [6, 6.07) is 5.13. The third kappa shape index (κ3) is 7.33. The van der Waals surface area contributed by atoms with Gasteiger partial charge in [-0.15, -0.1) is 0 Å². The lowest BCUT2D eigenvalue weighted by Crippen LogP contribution is -2.33. The standard InChI is InChI=1S/C22H21F3N6O3S/c23-22(24,25)12-34-19-13(2-1-8-26-19)11-28-14-3-5-15(6-4-14)29-20-27-9-7-16(30-20)10-17-18(32)31-21(33)35-17/h1-2,7-10,14,28H,3-6,11-12H2,(H,31,32,33)/b17-10-,29-15?. The van der Waals surface area contributed by atoms with Crippen molar-refractivity contribution >= 4 is 40.6 Å². The minimum Gasteiger partial charge on any atom is -0.468 e. The first-order valence-corrected chi connectivity index (χ1v) is 11.6. The number of nitrogens with one attached hydrogen (secondary N) is 2. The Kier molecular flexibility index (Phi) is 7.76. The highest BCUT2D eigenvalue weighted by atomic mass is 32.2. The van der Waals surface area contributed by atoms with Gasteiger partial charge in [0.05, 0.1) is 10.6 Å². The van der Waals surface area contributed by atoms with Crippen LogP contribution in [0.25, 0.3) is 6.08 Å². The number of hydrogen-bond acceptors (Lipinski definition) is 9. The predicted molar refractivity (Wildman–Crippen MR) is 123 cm³/mol. The molecule has 0 spiro atoms. The van der Waals surface area contributed by atoms with Crippen LogP contribution in [0.1, 0.15) is 36.9 Å². The molecular weight excluding hydrogens is 485 g/mol. The lowest BCUT2D eigenvalue weighted by Gasteiger charge is -2.24. The fraction of sp³-hybridized carbons (Fsp3) is 0.364. The van der Waals surface area contributed by atoms with Crippen LogP contribution in [0.15, 0.2) is 40.5 Å². The first kappa shape index (κ1) is 24.8. The number of carbonyl (C=O) groups excluding carboxylic acids is 2. The Morgan fingerprint density at radius 1 is 1.20 bits per heavy atom. The minimum absolute atomic E-state index is 0.0276. The molecule has 0 radical (unpaired) electrons. The van der Waals surface area contributed by atoms with E-state index < -0.39 is 23.9 Å². The smallest absolute Gasteiger partial charge is 0.422 e. The van der Waals surface area contributed by atoms with E-state index in [-0.39, 0.29) is 22.8 Å². The quantitative estimate of drug-likeness (QED) is 0.542. The van der Waals surface area contributed by atoms with Crippen molar-refractivity contribution in [2.75, 3.05) is 6.61 Å². The van der Waals surface area contributed by atoms with E-state index in [9.17, 15) is 22.8 Å². The summed E-state index contributed by atoms with van der Waals surface area (Å²) in [4.78, 5) is 40.2. The zero-order chi connectivity index (χ0) is 24.8. The molecule has 2 aliphatic rings. The molecule has 0 bridgehead atoms. The van der Waals surface area contributed by atoms with Gasteiger partial charge in [-0.1, -0.05) is 6.07 Å². The lowest BCUT2D eigenvalue weighted by atomic mass is 9.93. The van der Waals surface area contributed by atoms with Crippen molar-refractivity contribution in [3.05, 3.63) is 46.8 Å². The highest BCUT2D eigenvalue weighted by molar-refractivity contribution is 8.18. The van der Waals surface area contributed by atoms with Crippen LogP contribution in [0, 0.1) is 0 Å². The number of ether oxygens (including phenoxy) is 1. The summed E-state index contributed by atoms with van der Waals surface area (Å²) in [6.45, 7) is -1.04. The van der Waals surface area contributed by atoms with Gasteiger partial charge in [0.2, 0.25) is 11.8 Å². The SMILES string of the molecule is O=C1NC(=O)/C(=C/c2ccnc(N=C3CCC(NCc4cccnc4OCC(F)(F)F)CC3)n2)S1. The number of amides is 2. The second-order valence-electron chi connectivity index (χ2n) is 7.84. The van der Waals surface area contributed by atoms with Gasteiger partial charge in [-0.2, -0.15) is 13.2 Å². The summed E-state index contributed by atoms with van der Waals surface area (Å²) < 4.78 is 42.2. The molecule has 2 fully saturated rings. The van der Waals surface area contributed by atoms with Crippen molar-refractivity contribution < 1.29 is 27.5 Å². The molecule has 1 aliphatic heterocycles. The molecule has 9 nitrogen and oxygen atoms in total. The van der Waals surface area contributed by atoms with Gasteiger partial charge >= 0.3 is 6.18 Å². The normalized spacial score (nSPS) is 19.7. The van der Waals surface area contributed by atoms with E-state index in [1.165, 1.54) is 18.5 Å². The maximum absolute atomic E-state index is 12.5. The van der Waals surface area contributed by atoms with Crippen LogP contribution in [0.5, 0.6) is 5.88 Å². The van der Waals surface area contributed by atoms with Gasteiger partial charge in [0.15, 0.2) is 6.61 Å². The van der Waals surface area contributed by atoms with E-state index in [4.69, 9.17) is 4.74 Å². The molecule has 2 amide bonds. The Morgan fingerprint density at radius 2 is 2.00 bits per heavy atom. The van der Waals surface area contributed by atoms with Crippen molar-refractivity contribution in [3.8, 4) is 5.88 Å². The van der Waals surface area contributed by atoms with E-state index >= 15 is 0 Å². The average molecular weight is 507 g/mol. The van der Waals surface area contributed by atoms with Crippen molar-refractivity contribution in [2.45, 2.75) is 44.4 Å². The number of thioether (sulfide) groups is 1. The second-order valence-corrected chi connectivity index (χ2v) is 8.85. The highest BCUT2D eigenvalue weighted by Gasteiger charge is 2.29. The molecule has 0 aromatic carbocycles. The molecular formula is C22H21F3N6O3S. The maximum Gasteiger partial charge on any atom is 0.422 e. The Morgan fingerprint density at radius 3 is 2.71 bits per heavy atom. The largest absolute Gasteiger partial charge is 0.468 e. The minimum atomic E-state index is -4.43. The van der Waals surface area contributed by atoms with Crippen LogP contribution in [0.2, 0.25) is 0 Å². The second kappa shape index (κ2) is 11.0. The molecule has 1 saturated carbocycles. The molecule has 35 heavy (non-hydrogen) atoms. The Labute approximate surface area is 202 Å². The lowest BCUT2D eigenvalue weighted by molar-refractivity contribution is -0.154. The van der Waals surface area contributed by atoms with Crippen molar-refractivity contribution in [1.82, 2.24) is 25.6 Å². The van der Waals surface area contributed by atoms with E-state index in [0.717, 1.165) is 30.3 Å². The van der Waals surface area contributed by atoms with Gasteiger partial charge in [0.1, 0.15) is 0 Å². The third-order valence-electron chi connectivity index (χ3n) is 5.21. The van der Waals surface area contributed by atoms with E-state index in [0.29, 0.717) is 30.6 Å². The van der Waals surface area contributed by atoms with E-state index in [1.807, 2.05) is 0 Å². The maximum atomic E-state index is 12.5. The highest BCUT2D eigenvalue weighted by Crippen LogP contribution is 2.26. The average Bonchev–Trinajstić information content (AvgIpc) is 3.14. The number of pyridine rings is 1. The van der Waals surface area contributed by atoms with Crippen molar-refractivity contribution in [3.63, 3.8) is 0 Å². The third-order valence-corrected chi connectivity index (χ3v) is 6.02. The molecule has 1 saturated heterocycles. The number of halogens is 3. The summed E-state index contributed by atoms with van der Waals surface area (Å²) in [7, 11) is 0. The first-order valence-electron chi connectivity index (χ1n) is 10.8. The summed E-state index contributed by atoms with van der Waals surface area (Å²) in [5.41, 5.74) is 1.97. The van der Waals surface area contributed by atoms with Gasteiger partial charge in [-0.05, 0) is 55.7 Å². The Hall–Kier alpha value is -3.32. The number of aliphatic imine (C=N–C) groups is 1. The van der Waals surface area contributed by atoms with Gasteiger partial charge in [-0.3, -0.25) is 14.9 Å². The van der Waals surface area contributed by atoms with Crippen LogP contribution < -0.4 is 15.4 Å². The molecule has 184 valence electrons. The molecule has 13 heteroatoms.